The Hall–Kier alpha value is -3.38. The molecule has 1 fully saturated rings. The minimum Gasteiger partial charge on any atom is -0.378 e. The molecule has 4 rings (SSSR count). The molecule has 0 saturated carbocycles. The van der Waals surface area contributed by atoms with E-state index >= 15 is 0 Å². The van der Waals surface area contributed by atoms with Gasteiger partial charge < -0.3 is 23.9 Å². The SMILES string of the molecule is Cc1nc(N2CCOCC2)c2nc(CN(C)c3ncc(C(=O)ON)cn3)n(C)c2n1. The van der Waals surface area contributed by atoms with Gasteiger partial charge in [-0.25, -0.2) is 29.7 Å². The molecular formula is C18H23N9O3. The molecule has 0 aromatic carbocycles. The van der Waals surface area contributed by atoms with Gasteiger partial charge in [0.1, 0.15) is 11.6 Å². The summed E-state index contributed by atoms with van der Waals surface area (Å²) in [5, 5.41) is 0. The zero-order valence-electron chi connectivity index (χ0n) is 17.1. The largest absolute Gasteiger partial charge is 0.378 e. The van der Waals surface area contributed by atoms with Gasteiger partial charge in [-0.2, -0.15) is 5.90 Å². The number of nitrogens with zero attached hydrogens (tertiary/aromatic N) is 8. The second-order valence-corrected chi connectivity index (χ2v) is 6.99. The van der Waals surface area contributed by atoms with Crippen LogP contribution in [0.5, 0.6) is 0 Å². The van der Waals surface area contributed by atoms with Crippen LogP contribution in [-0.4, -0.2) is 68.8 Å². The van der Waals surface area contributed by atoms with Gasteiger partial charge in [0.15, 0.2) is 17.0 Å². The average molecular weight is 413 g/mol. The van der Waals surface area contributed by atoms with E-state index in [9.17, 15) is 4.79 Å². The van der Waals surface area contributed by atoms with Gasteiger partial charge in [-0.15, -0.1) is 0 Å². The Morgan fingerprint density at radius 1 is 1.23 bits per heavy atom. The molecule has 0 radical (unpaired) electrons. The number of anilines is 2. The predicted molar refractivity (Wildman–Crippen MR) is 108 cm³/mol. The van der Waals surface area contributed by atoms with Gasteiger partial charge in [0.25, 0.3) is 0 Å². The highest BCUT2D eigenvalue weighted by atomic mass is 16.7. The normalized spacial score (nSPS) is 14.2. The first-order valence-electron chi connectivity index (χ1n) is 9.44. The summed E-state index contributed by atoms with van der Waals surface area (Å²) >= 11 is 0. The van der Waals surface area contributed by atoms with E-state index in [4.69, 9.17) is 15.6 Å². The highest BCUT2D eigenvalue weighted by Gasteiger charge is 2.22. The van der Waals surface area contributed by atoms with E-state index in [1.165, 1.54) is 12.4 Å². The maximum atomic E-state index is 11.4. The van der Waals surface area contributed by atoms with E-state index in [0.29, 0.717) is 31.5 Å². The fourth-order valence-electron chi connectivity index (χ4n) is 3.31. The Morgan fingerprint density at radius 3 is 2.60 bits per heavy atom. The molecule has 12 nitrogen and oxygen atoms in total. The Morgan fingerprint density at radius 2 is 1.93 bits per heavy atom. The minimum atomic E-state index is -0.691. The van der Waals surface area contributed by atoms with Crippen LogP contribution in [0.2, 0.25) is 0 Å². The number of aryl methyl sites for hydroxylation is 2. The van der Waals surface area contributed by atoms with Crippen LogP contribution < -0.4 is 15.7 Å². The summed E-state index contributed by atoms with van der Waals surface area (Å²) in [4.78, 5) is 42.1. The van der Waals surface area contributed by atoms with E-state index in [-0.39, 0.29) is 5.56 Å². The molecule has 0 unspecified atom stereocenters. The fourth-order valence-corrected chi connectivity index (χ4v) is 3.31. The van der Waals surface area contributed by atoms with Crippen LogP contribution in [0.25, 0.3) is 11.2 Å². The van der Waals surface area contributed by atoms with E-state index in [0.717, 1.165) is 35.9 Å². The van der Waals surface area contributed by atoms with Gasteiger partial charge in [-0.1, -0.05) is 0 Å². The molecule has 1 aliphatic heterocycles. The van der Waals surface area contributed by atoms with Gasteiger partial charge in [0, 0.05) is 39.6 Å². The number of nitrogens with two attached hydrogens (primary N) is 1. The van der Waals surface area contributed by atoms with Crippen LogP contribution in [0.4, 0.5) is 11.8 Å². The number of rotatable bonds is 5. The molecule has 0 atom stereocenters. The predicted octanol–water partition coefficient (Wildman–Crippen LogP) is -0.0348. The summed E-state index contributed by atoms with van der Waals surface area (Å²) in [6, 6.07) is 0. The highest BCUT2D eigenvalue weighted by molar-refractivity contribution is 5.88. The summed E-state index contributed by atoms with van der Waals surface area (Å²) in [5.41, 5.74) is 1.71. The molecule has 12 heteroatoms. The van der Waals surface area contributed by atoms with Crippen molar-refractivity contribution in [1.82, 2.24) is 29.5 Å². The zero-order chi connectivity index (χ0) is 21.3. The van der Waals surface area contributed by atoms with Crippen molar-refractivity contribution < 1.29 is 14.4 Å². The van der Waals surface area contributed by atoms with E-state index in [1.807, 2.05) is 30.5 Å². The van der Waals surface area contributed by atoms with Crippen molar-refractivity contribution in [2.45, 2.75) is 13.5 Å². The van der Waals surface area contributed by atoms with Crippen molar-refractivity contribution in [3.63, 3.8) is 0 Å². The maximum absolute atomic E-state index is 11.4. The third-order valence-corrected chi connectivity index (χ3v) is 4.92. The molecule has 0 amide bonds. The lowest BCUT2D eigenvalue weighted by molar-refractivity contribution is 0.0502. The third-order valence-electron chi connectivity index (χ3n) is 4.92. The van der Waals surface area contributed by atoms with Gasteiger partial charge in [0.05, 0.1) is 25.3 Å². The quantitative estimate of drug-likeness (QED) is 0.564. The molecule has 4 heterocycles. The van der Waals surface area contributed by atoms with Crippen molar-refractivity contribution in [2.24, 2.45) is 12.9 Å². The van der Waals surface area contributed by atoms with Crippen LogP contribution in [0.15, 0.2) is 12.4 Å². The van der Waals surface area contributed by atoms with Crippen molar-refractivity contribution in [3.05, 3.63) is 29.6 Å². The van der Waals surface area contributed by atoms with Gasteiger partial charge in [0.2, 0.25) is 5.95 Å². The number of ether oxygens (including phenoxy) is 1. The number of aromatic nitrogens is 6. The van der Waals surface area contributed by atoms with Crippen LogP contribution in [-0.2, 0) is 23.2 Å². The summed E-state index contributed by atoms with van der Waals surface area (Å²) in [7, 11) is 3.77. The van der Waals surface area contributed by atoms with E-state index < -0.39 is 5.97 Å². The summed E-state index contributed by atoms with van der Waals surface area (Å²) in [6.07, 6.45) is 2.74. The van der Waals surface area contributed by atoms with Gasteiger partial charge in [-0.3, -0.25) is 0 Å². The molecule has 3 aromatic rings. The molecule has 0 aliphatic carbocycles. The Kier molecular flexibility index (Phi) is 5.42. The first kappa shape index (κ1) is 19.9. The molecule has 3 aromatic heterocycles. The lowest BCUT2D eigenvalue weighted by Gasteiger charge is -2.27. The summed E-state index contributed by atoms with van der Waals surface area (Å²) in [5.74, 6) is 6.94. The first-order valence-corrected chi connectivity index (χ1v) is 9.44. The molecule has 0 spiro atoms. The fraction of sp³-hybridized carbons (Fsp3) is 0.444. The minimum absolute atomic E-state index is 0.179. The molecular weight excluding hydrogens is 390 g/mol. The lowest BCUT2D eigenvalue weighted by atomic mass is 10.3. The third kappa shape index (κ3) is 3.74. The van der Waals surface area contributed by atoms with Crippen molar-refractivity contribution in [3.8, 4) is 0 Å². The monoisotopic (exact) mass is 413 g/mol. The molecule has 2 N–H and O–H groups in total. The second-order valence-electron chi connectivity index (χ2n) is 6.99. The van der Waals surface area contributed by atoms with E-state index in [2.05, 4.69) is 29.7 Å². The number of hydrogen-bond donors (Lipinski definition) is 1. The van der Waals surface area contributed by atoms with Crippen LogP contribution >= 0.6 is 0 Å². The number of imidazole rings is 1. The topological polar surface area (TPSA) is 137 Å². The average Bonchev–Trinajstić information content (AvgIpc) is 3.08. The standard InChI is InChI=1S/C18H23N9O3/c1-11-22-15-14(16(23-11)27-4-6-29-7-5-27)24-13(26(15)3)10-25(2)18-20-8-12(9-21-18)17(28)30-19/h8-9H,4-7,10,19H2,1-3H3. The Balaban J connectivity index is 1.62. The van der Waals surface area contributed by atoms with Crippen LogP contribution in [0.3, 0.4) is 0 Å². The van der Waals surface area contributed by atoms with Crippen molar-refractivity contribution >= 4 is 28.9 Å². The molecule has 1 saturated heterocycles. The molecule has 158 valence electrons. The molecule has 1 aliphatic rings. The van der Waals surface area contributed by atoms with Crippen LogP contribution in [0, 0.1) is 6.92 Å². The molecule has 30 heavy (non-hydrogen) atoms. The van der Waals surface area contributed by atoms with Crippen molar-refractivity contribution in [2.75, 3.05) is 43.2 Å². The second kappa shape index (κ2) is 8.16. The van der Waals surface area contributed by atoms with E-state index in [1.54, 1.807) is 0 Å². The number of fused-ring (bicyclic) bond motifs is 1. The first-order chi connectivity index (χ1) is 14.5. The Bertz CT molecular complexity index is 1060. The summed E-state index contributed by atoms with van der Waals surface area (Å²) < 4.78 is 7.41. The van der Waals surface area contributed by atoms with Gasteiger partial charge >= 0.3 is 5.97 Å². The zero-order valence-corrected chi connectivity index (χ0v) is 17.1. The smallest absolute Gasteiger partial charge is 0.359 e. The number of carbonyl (C=O) groups is 1. The lowest BCUT2D eigenvalue weighted by Crippen LogP contribution is -2.37. The van der Waals surface area contributed by atoms with Crippen molar-refractivity contribution in [1.29, 1.82) is 0 Å². The maximum Gasteiger partial charge on any atom is 0.359 e. The molecule has 0 bridgehead atoms. The Labute approximate surface area is 172 Å². The number of morpholine rings is 1. The number of hydrogen-bond acceptors (Lipinski definition) is 11. The highest BCUT2D eigenvalue weighted by Crippen LogP contribution is 2.25. The number of carbonyl (C=O) groups excluding carboxylic acids is 1. The summed E-state index contributed by atoms with van der Waals surface area (Å²) in [6.45, 7) is 5.18. The van der Waals surface area contributed by atoms with Gasteiger partial charge in [-0.05, 0) is 6.92 Å². The van der Waals surface area contributed by atoms with Crippen LogP contribution in [0.1, 0.15) is 22.0 Å².